The van der Waals surface area contributed by atoms with E-state index in [1.807, 2.05) is 12.2 Å². The summed E-state index contributed by atoms with van der Waals surface area (Å²) < 4.78 is 10.1. The molecule has 13 heavy (non-hydrogen) atoms. The summed E-state index contributed by atoms with van der Waals surface area (Å²) in [7, 11) is 0. The zero-order chi connectivity index (χ0) is 8.93. The number of hydrogen-bond donors (Lipinski definition) is 0. The van der Waals surface area contributed by atoms with Gasteiger partial charge in [-0.3, -0.25) is 0 Å². The van der Waals surface area contributed by atoms with E-state index in [1.54, 1.807) is 24.5 Å². The first kappa shape index (κ1) is 7.79. The van der Waals surface area contributed by atoms with Crippen molar-refractivity contribution in [1.82, 2.24) is 0 Å². The van der Waals surface area contributed by atoms with Crippen molar-refractivity contribution in [3.05, 3.63) is 42.5 Å². The van der Waals surface area contributed by atoms with Crippen LogP contribution in [0.2, 0.25) is 0 Å². The van der Waals surface area contributed by atoms with Crippen LogP contribution in [-0.4, -0.2) is 6.61 Å². The second kappa shape index (κ2) is 3.71. The first-order valence-corrected chi connectivity index (χ1v) is 3.90. The highest BCUT2D eigenvalue weighted by atomic mass is 16.5. The molecule has 2 rings (SSSR count). The number of azo groups is 1. The Morgan fingerprint density at radius 1 is 1.31 bits per heavy atom. The minimum absolute atomic E-state index is 0.471. The van der Waals surface area contributed by atoms with Crippen LogP contribution in [0.5, 0.6) is 0 Å². The van der Waals surface area contributed by atoms with E-state index in [9.17, 15) is 0 Å². The molecule has 0 N–H and O–H groups in total. The summed E-state index contributed by atoms with van der Waals surface area (Å²) in [6.45, 7) is 0.545. The molecule has 4 heteroatoms. The van der Waals surface area contributed by atoms with Gasteiger partial charge >= 0.3 is 0 Å². The lowest BCUT2D eigenvalue weighted by Gasteiger charge is -2.03. The van der Waals surface area contributed by atoms with Gasteiger partial charge in [-0.15, -0.1) is 10.2 Å². The van der Waals surface area contributed by atoms with E-state index in [0.717, 1.165) is 0 Å². The number of ether oxygens (including phenoxy) is 1. The Balaban J connectivity index is 2.05. The molecule has 0 fully saturated rings. The first-order chi connectivity index (χ1) is 6.45. The maximum atomic E-state index is 5.15. The van der Waals surface area contributed by atoms with Crippen LogP contribution in [0.3, 0.4) is 0 Å². The SMILES string of the molecule is C1=CCOC(N=Nc2ccco2)=C1. The molecule has 0 saturated heterocycles. The van der Waals surface area contributed by atoms with E-state index in [2.05, 4.69) is 10.2 Å². The Bertz CT molecular complexity index is 350. The number of furan rings is 1. The number of nitrogens with zero attached hydrogens (tertiary/aromatic N) is 2. The van der Waals surface area contributed by atoms with Gasteiger partial charge in [0.05, 0.1) is 6.26 Å². The van der Waals surface area contributed by atoms with Crippen molar-refractivity contribution < 1.29 is 9.15 Å². The Morgan fingerprint density at radius 3 is 3.00 bits per heavy atom. The highest BCUT2D eigenvalue weighted by molar-refractivity contribution is 5.20. The molecule has 1 aliphatic rings. The summed E-state index contributed by atoms with van der Waals surface area (Å²) in [5, 5.41) is 7.67. The van der Waals surface area contributed by atoms with Crippen molar-refractivity contribution in [2.45, 2.75) is 0 Å². The van der Waals surface area contributed by atoms with Gasteiger partial charge in [-0.2, -0.15) is 0 Å². The van der Waals surface area contributed by atoms with E-state index < -0.39 is 0 Å². The summed E-state index contributed by atoms with van der Waals surface area (Å²) in [4.78, 5) is 0. The van der Waals surface area contributed by atoms with E-state index in [4.69, 9.17) is 9.15 Å². The zero-order valence-corrected chi connectivity index (χ0v) is 6.88. The smallest absolute Gasteiger partial charge is 0.238 e. The highest BCUT2D eigenvalue weighted by Gasteiger charge is 1.97. The number of allylic oxidation sites excluding steroid dienone is 2. The zero-order valence-electron chi connectivity index (χ0n) is 6.88. The van der Waals surface area contributed by atoms with E-state index in [-0.39, 0.29) is 0 Å². The summed E-state index contributed by atoms with van der Waals surface area (Å²) in [6, 6.07) is 3.48. The minimum Gasteiger partial charge on any atom is -0.472 e. The lowest BCUT2D eigenvalue weighted by Crippen LogP contribution is -1.92. The van der Waals surface area contributed by atoms with Crippen molar-refractivity contribution in [3.8, 4) is 0 Å². The molecule has 0 aromatic carbocycles. The average Bonchev–Trinajstić information content (AvgIpc) is 2.69. The molecular weight excluding hydrogens is 168 g/mol. The highest BCUT2D eigenvalue weighted by Crippen LogP contribution is 2.14. The van der Waals surface area contributed by atoms with Gasteiger partial charge in [0.2, 0.25) is 11.8 Å². The fourth-order valence-electron chi connectivity index (χ4n) is 0.875. The molecule has 0 aliphatic carbocycles. The topological polar surface area (TPSA) is 47.1 Å². The molecule has 0 radical (unpaired) electrons. The van der Waals surface area contributed by atoms with Gasteiger partial charge in [0.25, 0.3) is 0 Å². The van der Waals surface area contributed by atoms with Gasteiger partial charge in [0.15, 0.2) is 0 Å². The maximum absolute atomic E-state index is 5.15. The lowest BCUT2D eigenvalue weighted by molar-refractivity contribution is 0.237. The van der Waals surface area contributed by atoms with E-state index >= 15 is 0 Å². The molecule has 4 nitrogen and oxygen atoms in total. The first-order valence-electron chi connectivity index (χ1n) is 3.90. The normalized spacial score (nSPS) is 15.8. The quantitative estimate of drug-likeness (QED) is 0.650. The van der Waals surface area contributed by atoms with Gasteiger partial charge in [-0.05, 0) is 12.1 Å². The van der Waals surface area contributed by atoms with Crippen molar-refractivity contribution in [1.29, 1.82) is 0 Å². The number of rotatable bonds is 2. The standard InChI is InChI=1S/C9H8N2O2/c1-2-6-12-8(4-1)10-11-9-5-3-7-13-9/h1-5,7H,6H2. The van der Waals surface area contributed by atoms with Crippen LogP contribution < -0.4 is 0 Å². The maximum Gasteiger partial charge on any atom is 0.238 e. The van der Waals surface area contributed by atoms with Crippen LogP contribution in [0.1, 0.15) is 0 Å². The summed E-state index contributed by atoms with van der Waals surface area (Å²) in [6.07, 6.45) is 7.06. The van der Waals surface area contributed by atoms with Crippen molar-refractivity contribution in [2.24, 2.45) is 10.2 Å². The third-order valence-electron chi connectivity index (χ3n) is 1.46. The Kier molecular flexibility index (Phi) is 2.22. The van der Waals surface area contributed by atoms with Crippen LogP contribution in [0.4, 0.5) is 5.88 Å². The van der Waals surface area contributed by atoms with Crippen molar-refractivity contribution >= 4 is 5.88 Å². The van der Waals surface area contributed by atoms with Gasteiger partial charge in [0, 0.05) is 12.1 Å². The molecule has 0 saturated carbocycles. The molecule has 1 aromatic heterocycles. The van der Waals surface area contributed by atoms with Crippen LogP contribution in [-0.2, 0) is 4.74 Å². The van der Waals surface area contributed by atoms with Gasteiger partial charge in [-0.25, -0.2) is 0 Å². The summed E-state index contributed by atoms with van der Waals surface area (Å²) in [5.41, 5.74) is 0. The molecule has 0 amide bonds. The predicted octanol–water partition coefficient (Wildman–Crippen LogP) is 2.79. The molecule has 1 aliphatic heterocycles. The second-order valence-electron chi connectivity index (χ2n) is 2.40. The average molecular weight is 176 g/mol. The number of hydrogen-bond acceptors (Lipinski definition) is 4. The monoisotopic (exact) mass is 176 g/mol. The van der Waals surface area contributed by atoms with Crippen LogP contribution in [0.25, 0.3) is 0 Å². The fraction of sp³-hybridized carbons (Fsp3) is 0.111. The van der Waals surface area contributed by atoms with Crippen LogP contribution in [0, 0.1) is 0 Å². The van der Waals surface area contributed by atoms with Gasteiger partial charge in [-0.1, -0.05) is 6.08 Å². The van der Waals surface area contributed by atoms with Crippen LogP contribution in [0.15, 0.2) is 57.2 Å². The summed E-state index contributed by atoms with van der Waals surface area (Å²) >= 11 is 0. The Hall–Kier alpha value is -1.84. The van der Waals surface area contributed by atoms with E-state index in [0.29, 0.717) is 18.4 Å². The molecular formula is C9H8N2O2. The third-order valence-corrected chi connectivity index (χ3v) is 1.46. The molecule has 2 heterocycles. The third kappa shape index (κ3) is 2.05. The molecule has 66 valence electrons. The van der Waals surface area contributed by atoms with Crippen LogP contribution >= 0.6 is 0 Å². The Morgan fingerprint density at radius 2 is 2.31 bits per heavy atom. The molecule has 0 atom stereocenters. The Labute approximate surface area is 75.2 Å². The summed E-state index contributed by atoms with van der Waals surface area (Å²) in [5.74, 6) is 0.970. The second-order valence-corrected chi connectivity index (χ2v) is 2.40. The van der Waals surface area contributed by atoms with Crippen molar-refractivity contribution in [3.63, 3.8) is 0 Å². The van der Waals surface area contributed by atoms with Crippen molar-refractivity contribution in [2.75, 3.05) is 6.61 Å². The molecule has 0 bridgehead atoms. The fourth-order valence-corrected chi connectivity index (χ4v) is 0.875. The van der Waals surface area contributed by atoms with Gasteiger partial charge in [0.1, 0.15) is 6.61 Å². The lowest BCUT2D eigenvalue weighted by atomic mass is 10.4. The minimum atomic E-state index is 0.471. The largest absolute Gasteiger partial charge is 0.472 e. The molecule has 0 unspecified atom stereocenters. The van der Waals surface area contributed by atoms with E-state index in [1.165, 1.54) is 0 Å². The molecule has 1 aromatic rings. The predicted molar refractivity (Wildman–Crippen MR) is 46.4 cm³/mol. The van der Waals surface area contributed by atoms with Gasteiger partial charge < -0.3 is 9.15 Å². The molecule has 0 spiro atoms.